The van der Waals surface area contributed by atoms with Crippen molar-refractivity contribution in [3.8, 4) is 0 Å². The van der Waals surface area contributed by atoms with E-state index in [1.165, 1.54) is 5.56 Å². The molecule has 1 aromatic carbocycles. The molecule has 1 atom stereocenters. The van der Waals surface area contributed by atoms with Gasteiger partial charge in [-0.2, -0.15) is 0 Å². The van der Waals surface area contributed by atoms with Gasteiger partial charge in [-0.15, -0.1) is 0 Å². The molecular formula is C14H20BrNO. The van der Waals surface area contributed by atoms with Gasteiger partial charge >= 0.3 is 0 Å². The van der Waals surface area contributed by atoms with Crippen molar-refractivity contribution < 1.29 is 4.74 Å². The first kappa shape index (κ1) is 14.4. The number of rotatable bonds is 7. The van der Waals surface area contributed by atoms with Gasteiger partial charge in [0.15, 0.2) is 0 Å². The van der Waals surface area contributed by atoms with Crippen LogP contribution in [0.1, 0.15) is 25.5 Å². The summed E-state index contributed by atoms with van der Waals surface area (Å²) in [5, 5.41) is 3.42. The molecule has 0 aromatic heterocycles. The minimum atomic E-state index is 0.334. The third kappa shape index (κ3) is 6.01. The number of halogens is 1. The van der Waals surface area contributed by atoms with E-state index >= 15 is 0 Å². The van der Waals surface area contributed by atoms with E-state index in [2.05, 4.69) is 52.9 Å². The summed E-state index contributed by atoms with van der Waals surface area (Å²) in [4.78, 5) is 0. The van der Waals surface area contributed by atoms with Gasteiger partial charge in [0.25, 0.3) is 0 Å². The fourth-order valence-corrected chi connectivity index (χ4v) is 1.90. The second-order valence-electron chi connectivity index (χ2n) is 4.24. The number of ether oxygens (including phenoxy) is 1. The Kier molecular flexibility index (Phi) is 6.48. The first-order valence-electron chi connectivity index (χ1n) is 5.80. The van der Waals surface area contributed by atoms with Gasteiger partial charge in [0.1, 0.15) is 0 Å². The lowest BCUT2D eigenvalue weighted by Crippen LogP contribution is -2.23. The highest BCUT2D eigenvalue weighted by atomic mass is 79.9. The smallest absolute Gasteiger partial charge is 0.0672 e. The Morgan fingerprint density at radius 1 is 1.53 bits per heavy atom. The number of nitrogens with one attached hydrogen (secondary N) is 1. The number of hydrogen-bond acceptors (Lipinski definition) is 2. The lowest BCUT2D eigenvalue weighted by atomic mass is 10.1. The summed E-state index contributed by atoms with van der Waals surface area (Å²) in [7, 11) is 0. The van der Waals surface area contributed by atoms with Gasteiger partial charge in [0.05, 0.1) is 13.2 Å². The zero-order valence-corrected chi connectivity index (χ0v) is 12.1. The Hall–Kier alpha value is -0.640. The molecule has 0 aliphatic carbocycles. The first-order chi connectivity index (χ1) is 8.09. The van der Waals surface area contributed by atoms with E-state index in [1.807, 2.05) is 13.0 Å². The Morgan fingerprint density at radius 2 is 2.29 bits per heavy atom. The zero-order valence-electron chi connectivity index (χ0n) is 10.5. The van der Waals surface area contributed by atoms with Crippen LogP contribution in [-0.2, 0) is 4.74 Å². The summed E-state index contributed by atoms with van der Waals surface area (Å²) in [6.45, 7) is 10.1. The van der Waals surface area contributed by atoms with Gasteiger partial charge in [-0.1, -0.05) is 40.2 Å². The minimum Gasteiger partial charge on any atom is -0.376 e. The van der Waals surface area contributed by atoms with E-state index in [0.717, 1.165) is 16.6 Å². The van der Waals surface area contributed by atoms with Gasteiger partial charge < -0.3 is 10.1 Å². The molecule has 1 aromatic rings. The lowest BCUT2D eigenvalue weighted by molar-refractivity contribution is 0.156. The predicted octanol–water partition coefficient (Wildman–Crippen LogP) is 3.69. The largest absolute Gasteiger partial charge is 0.376 e. The summed E-state index contributed by atoms with van der Waals surface area (Å²) in [5.41, 5.74) is 2.34. The van der Waals surface area contributed by atoms with Crippen LogP contribution in [0.5, 0.6) is 0 Å². The molecule has 0 amide bonds. The standard InChI is InChI=1S/C14H20BrNO/c1-11(2)10-17-8-7-16-12(3)13-5-4-6-14(15)9-13/h4-6,9,12,16H,1,7-8,10H2,2-3H3. The molecule has 0 radical (unpaired) electrons. The van der Waals surface area contributed by atoms with Crippen LogP contribution >= 0.6 is 15.9 Å². The maximum Gasteiger partial charge on any atom is 0.0672 e. The first-order valence-corrected chi connectivity index (χ1v) is 6.60. The van der Waals surface area contributed by atoms with Crippen LogP contribution in [0.4, 0.5) is 0 Å². The Bertz CT molecular complexity index is 365. The molecule has 3 heteroatoms. The van der Waals surface area contributed by atoms with Gasteiger partial charge in [0, 0.05) is 17.1 Å². The monoisotopic (exact) mass is 297 g/mol. The molecule has 0 spiro atoms. The van der Waals surface area contributed by atoms with Crippen LogP contribution in [0.2, 0.25) is 0 Å². The molecule has 0 fully saturated rings. The second kappa shape index (κ2) is 7.64. The van der Waals surface area contributed by atoms with Crippen molar-refractivity contribution in [3.05, 3.63) is 46.5 Å². The van der Waals surface area contributed by atoms with Gasteiger partial charge in [-0.05, 0) is 31.5 Å². The summed E-state index contributed by atoms with van der Waals surface area (Å²) >= 11 is 3.48. The maximum atomic E-state index is 5.43. The average Bonchev–Trinajstić information content (AvgIpc) is 2.28. The Balaban J connectivity index is 2.25. The fourth-order valence-electron chi connectivity index (χ4n) is 1.49. The van der Waals surface area contributed by atoms with Crippen LogP contribution in [0.3, 0.4) is 0 Å². The maximum absolute atomic E-state index is 5.43. The van der Waals surface area contributed by atoms with Crippen LogP contribution < -0.4 is 5.32 Å². The summed E-state index contributed by atoms with van der Waals surface area (Å²) in [6, 6.07) is 8.67. The molecule has 0 aliphatic heterocycles. The highest BCUT2D eigenvalue weighted by Crippen LogP contribution is 2.17. The Labute approximate surface area is 112 Å². The van der Waals surface area contributed by atoms with Crippen LogP contribution in [-0.4, -0.2) is 19.8 Å². The molecule has 0 bridgehead atoms. The zero-order chi connectivity index (χ0) is 12.7. The molecule has 1 rings (SSSR count). The highest BCUT2D eigenvalue weighted by molar-refractivity contribution is 9.10. The fraction of sp³-hybridized carbons (Fsp3) is 0.429. The topological polar surface area (TPSA) is 21.3 Å². The Morgan fingerprint density at radius 3 is 2.94 bits per heavy atom. The molecule has 0 heterocycles. The van der Waals surface area contributed by atoms with E-state index in [1.54, 1.807) is 0 Å². The molecule has 1 unspecified atom stereocenters. The van der Waals surface area contributed by atoms with Gasteiger partial charge in [-0.3, -0.25) is 0 Å². The van der Waals surface area contributed by atoms with E-state index in [9.17, 15) is 0 Å². The minimum absolute atomic E-state index is 0.334. The van der Waals surface area contributed by atoms with Crippen LogP contribution in [0.25, 0.3) is 0 Å². The highest BCUT2D eigenvalue weighted by Gasteiger charge is 2.04. The summed E-state index contributed by atoms with van der Waals surface area (Å²) in [5.74, 6) is 0. The van der Waals surface area contributed by atoms with E-state index in [4.69, 9.17) is 4.74 Å². The van der Waals surface area contributed by atoms with Crippen LogP contribution in [0.15, 0.2) is 40.9 Å². The van der Waals surface area contributed by atoms with Crippen molar-refractivity contribution in [2.75, 3.05) is 19.8 Å². The third-order valence-electron chi connectivity index (χ3n) is 2.39. The van der Waals surface area contributed by atoms with E-state index in [0.29, 0.717) is 19.3 Å². The van der Waals surface area contributed by atoms with Crippen LogP contribution in [0, 0.1) is 0 Å². The molecule has 1 N–H and O–H groups in total. The molecule has 0 saturated carbocycles. The van der Waals surface area contributed by atoms with Crippen molar-refractivity contribution in [3.63, 3.8) is 0 Å². The van der Waals surface area contributed by atoms with Crippen molar-refractivity contribution in [1.29, 1.82) is 0 Å². The van der Waals surface area contributed by atoms with E-state index < -0.39 is 0 Å². The van der Waals surface area contributed by atoms with Crippen molar-refractivity contribution >= 4 is 15.9 Å². The van der Waals surface area contributed by atoms with Crippen molar-refractivity contribution in [1.82, 2.24) is 5.32 Å². The normalized spacial score (nSPS) is 12.4. The van der Waals surface area contributed by atoms with Crippen molar-refractivity contribution in [2.24, 2.45) is 0 Å². The quantitative estimate of drug-likeness (QED) is 0.612. The number of hydrogen-bond donors (Lipinski definition) is 1. The van der Waals surface area contributed by atoms with Gasteiger partial charge in [-0.25, -0.2) is 0 Å². The lowest BCUT2D eigenvalue weighted by Gasteiger charge is -2.14. The predicted molar refractivity (Wildman–Crippen MR) is 76.2 cm³/mol. The summed E-state index contributed by atoms with van der Waals surface area (Å²) < 4.78 is 6.55. The second-order valence-corrected chi connectivity index (χ2v) is 5.16. The SMILES string of the molecule is C=C(C)COCCNC(C)c1cccc(Br)c1. The molecule has 94 valence electrons. The molecule has 17 heavy (non-hydrogen) atoms. The summed E-state index contributed by atoms with van der Waals surface area (Å²) in [6.07, 6.45) is 0. The molecule has 2 nitrogen and oxygen atoms in total. The number of benzene rings is 1. The van der Waals surface area contributed by atoms with Gasteiger partial charge in [0.2, 0.25) is 0 Å². The van der Waals surface area contributed by atoms with E-state index in [-0.39, 0.29) is 0 Å². The average molecular weight is 298 g/mol. The molecular weight excluding hydrogens is 278 g/mol. The molecule has 0 saturated heterocycles. The van der Waals surface area contributed by atoms with Crippen molar-refractivity contribution in [2.45, 2.75) is 19.9 Å². The molecule has 0 aliphatic rings. The third-order valence-corrected chi connectivity index (χ3v) is 2.89.